The van der Waals surface area contributed by atoms with Crippen LogP contribution < -0.4 is 4.74 Å². The molecule has 2 saturated heterocycles. The van der Waals surface area contributed by atoms with Gasteiger partial charge in [-0.05, 0) is 49.9 Å². The van der Waals surface area contributed by atoms with Crippen LogP contribution in [0.3, 0.4) is 0 Å². The molecule has 3 atom stereocenters. The van der Waals surface area contributed by atoms with Crippen LogP contribution in [-0.4, -0.2) is 49.5 Å². The van der Waals surface area contributed by atoms with Crippen molar-refractivity contribution in [2.24, 2.45) is 5.92 Å². The summed E-state index contributed by atoms with van der Waals surface area (Å²) in [6.45, 7) is 2.49. The summed E-state index contributed by atoms with van der Waals surface area (Å²) in [6.07, 6.45) is 7.61. The standard InChI is InChI=1S/C22H22FN5O2/c1-14-2-7-21(24-12-14)30-13-15-10-17-4-6-19(15)27(17)22(29)18-11-16(23)3-5-20(18)28-25-8-9-26-28/h2-3,5,7-9,11-12,15,17,19H,4,6,10,13H2,1H3. The van der Waals surface area contributed by atoms with E-state index in [0.29, 0.717) is 18.2 Å². The molecule has 2 aliphatic rings. The number of pyridine rings is 1. The average molecular weight is 407 g/mol. The molecular weight excluding hydrogens is 385 g/mol. The Morgan fingerprint density at radius 3 is 2.80 bits per heavy atom. The van der Waals surface area contributed by atoms with E-state index in [0.717, 1.165) is 24.8 Å². The highest BCUT2D eigenvalue weighted by atomic mass is 19.1. The molecule has 2 aliphatic heterocycles. The number of hydrogen-bond donors (Lipinski definition) is 0. The lowest BCUT2D eigenvalue weighted by Crippen LogP contribution is -2.38. The molecule has 0 N–H and O–H groups in total. The Kier molecular flexibility index (Phi) is 4.69. The molecule has 0 saturated carbocycles. The highest BCUT2D eigenvalue weighted by Crippen LogP contribution is 2.43. The molecule has 5 rings (SSSR count). The second-order valence-corrected chi connectivity index (χ2v) is 7.97. The average Bonchev–Trinajstić information content (AvgIpc) is 3.49. The maximum Gasteiger partial charge on any atom is 0.256 e. The number of nitrogens with zero attached hydrogens (tertiary/aromatic N) is 5. The van der Waals surface area contributed by atoms with Crippen molar-refractivity contribution in [2.75, 3.05) is 6.61 Å². The van der Waals surface area contributed by atoms with Crippen LogP contribution in [0.15, 0.2) is 48.9 Å². The molecule has 154 valence electrons. The number of fused-ring (bicyclic) bond motifs is 2. The second kappa shape index (κ2) is 7.51. The number of ether oxygens (including phenoxy) is 1. The van der Waals surface area contributed by atoms with Gasteiger partial charge in [0.25, 0.3) is 5.91 Å². The minimum Gasteiger partial charge on any atom is -0.477 e. The number of halogens is 1. The summed E-state index contributed by atoms with van der Waals surface area (Å²) in [5.74, 6) is 0.199. The largest absolute Gasteiger partial charge is 0.477 e. The highest BCUT2D eigenvalue weighted by Gasteiger charge is 2.49. The SMILES string of the molecule is Cc1ccc(OCC2CC3CCC2N3C(=O)c2cc(F)ccc2-n2nccn2)nc1. The van der Waals surface area contributed by atoms with Gasteiger partial charge in [0.2, 0.25) is 5.88 Å². The van der Waals surface area contributed by atoms with E-state index in [4.69, 9.17) is 4.74 Å². The van der Waals surface area contributed by atoms with Crippen LogP contribution in [0, 0.1) is 18.7 Å². The van der Waals surface area contributed by atoms with Crippen molar-refractivity contribution in [3.63, 3.8) is 0 Å². The molecular formula is C22H22FN5O2. The van der Waals surface area contributed by atoms with E-state index < -0.39 is 5.82 Å². The van der Waals surface area contributed by atoms with Gasteiger partial charge >= 0.3 is 0 Å². The van der Waals surface area contributed by atoms with E-state index in [1.54, 1.807) is 12.3 Å². The molecule has 0 radical (unpaired) electrons. The molecule has 1 amide bonds. The summed E-state index contributed by atoms with van der Waals surface area (Å²) in [7, 11) is 0. The Morgan fingerprint density at radius 1 is 1.20 bits per heavy atom. The van der Waals surface area contributed by atoms with Crippen LogP contribution in [-0.2, 0) is 0 Å². The summed E-state index contributed by atoms with van der Waals surface area (Å²) in [6, 6.07) is 8.19. The third-order valence-corrected chi connectivity index (χ3v) is 6.05. The van der Waals surface area contributed by atoms with Crippen molar-refractivity contribution < 1.29 is 13.9 Å². The Bertz CT molecular complexity index is 1050. The zero-order valence-electron chi connectivity index (χ0n) is 16.6. The van der Waals surface area contributed by atoms with Crippen molar-refractivity contribution in [1.29, 1.82) is 0 Å². The number of amides is 1. The summed E-state index contributed by atoms with van der Waals surface area (Å²) in [4.78, 5) is 21.0. The number of aromatic nitrogens is 4. The predicted octanol–water partition coefficient (Wildman–Crippen LogP) is 3.18. The van der Waals surface area contributed by atoms with E-state index in [1.807, 2.05) is 24.0 Å². The summed E-state index contributed by atoms with van der Waals surface area (Å²) >= 11 is 0. The quantitative estimate of drug-likeness (QED) is 0.650. The second-order valence-electron chi connectivity index (χ2n) is 7.97. The van der Waals surface area contributed by atoms with Crippen molar-refractivity contribution in [3.05, 3.63) is 65.9 Å². The van der Waals surface area contributed by atoms with E-state index in [2.05, 4.69) is 15.2 Å². The van der Waals surface area contributed by atoms with E-state index in [1.165, 1.54) is 29.3 Å². The molecule has 1 aromatic carbocycles. The first-order valence-electron chi connectivity index (χ1n) is 10.1. The topological polar surface area (TPSA) is 73.1 Å². The Labute approximate surface area is 173 Å². The monoisotopic (exact) mass is 407 g/mol. The minimum absolute atomic E-state index is 0.0784. The maximum absolute atomic E-state index is 14.0. The number of aryl methyl sites for hydroxylation is 1. The highest BCUT2D eigenvalue weighted by molar-refractivity contribution is 5.98. The van der Waals surface area contributed by atoms with Gasteiger partial charge in [0.15, 0.2) is 0 Å². The fourth-order valence-electron chi connectivity index (χ4n) is 4.67. The smallest absolute Gasteiger partial charge is 0.256 e. The molecule has 8 heteroatoms. The zero-order chi connectivity index (χ0) is 20.7. The van der Waals surface area contributed by atoms with Crippen molar-refractivity contribution in [1.82, 2.24) is 24.9 Å². The zero-order valence-corrected chi connectivity index (χ0v) is 16.6. The van der Waals surface area contributed by atoms with E-state index in [-0.39, 0.29) is 29.5 Å². The minimum atomic E-state index is -0.453. The third kappa shape index (κ3) is 3.32. The first kappa shape index (κ1) is 18.7. The maximum atomic E-state index is 14.0. The molecule has 0 spiro atoms. The molecule has 2 aromatic heterocycles. The lowest BCUT2D eigenvalue weighted by Gasteiger charge is -2.25. The third-order valence-electron chi connectivity index (χ3n) is 6.05. The fourth-order valence-corrected chi connectivity index (χ4v) is 4.67. The van der Waals surface area contributed by atoms with Crippen LogP contribution >= 0.6 is 0 Å². The molecule has 2 fully saturated rings. The molecule has 0 aliphatic carbocycles. The number of hydrogen-bond acceptors (Lipinski definition) is 5. The summed E-state index contributed by atoms with van der Waals surface area (Å²) < 4.78 is 19.9. The molecule has 3 unspecified atom stereocenters. The normalized spacial score (nSPS) is 22.5. The van der Waals surface area contributed by atoms with E-state index in [9.17, 15) is 9.18 Å². The van der Waals surface area contributed by atoms with Gasteiger partial charge in [-0.3, -0.25) is 4.79 Å². The van der Waals surface area contributed by atoms with Gasteiger partial charge in [-0.25, -0.2) is 9.37 Å². The number of carbonyl (C=O) groups is 1. The Morgan fingerprint density at radius 2 is 2.03 bits per heavy atom. The van der Waals surface area contributed by atoms with Crippen LogP contribution in [0.4, 0.5) is 4.39 Å². The molecule has 3 aromatic rings. The lowest BCUT2D eigenvalue weighted by atomic mass is 9.90. The van der Waals surface area contributed by atoms with Crippen molar-refractivity contribution in [2.45, 2.75) is 38.3 Å². The van der Waals surface area contributed by atoms with Crippen molar-refractivity contribution in [3.8, 4) is 11.6 Å². The van der Waals surface area contributed by atoms with Gasteiger partial charge in [0, 0.05) is 30.3 Å². The van der Waals surface area contributed by atoms with Gasteiger partial charge in [-0.2, -0.15) is 15.0 Å². The van der Waals surface area contributed by atoms with Crippen LogP contribution in [0.1, 0.15) is 35.2 Å². The van der Waals surface area contributed by atoms with Gasteiger partial charge in [-0.15, -0.1) is 0 Å². The first-order valence-corrected chi connectivity index (χ1v) is 10.1. The molecule has 7 nitrogen and oxygen atoms in total. The van der Waals surface area contributed by atoms with Gasteiger partial charge < -0.3 is 9.64 Å². The van der Waals surface area contributed by atoms with E-state index >= 15 is 0 Å². The molecule has 30 heavy (non-hydrogen) atoms. The Balaban J connectivity index is 1.36. The molecule has 4 heterocycles. The lowest BCUT2D eigenvalue weighted by molar-refractivity contribution is 0.0709. The summed E-state index contributed by atoms with van der Waals surface area (Å²) in [5.41, 5.74) is 1.84. The number of benzene rings is 1. The van der Waals surface area contributed by atoms with Gasteiger partial charge in [0.05, 0.1) is 30.3 Å². The first-order chi connectivity index (χ1) is 14.6. The predicted molar refractivity (Wildman–Crippen MR) is 107 cm³/mol. The van der Waals surface area contributed by atoms with Gasteiger partial charge in [0.1, 0.15) is 5.82 Å². The van der Waals surface area contributed by atoms with Crippen molar-refractivity contribution >= 4 is 5.91 Å². The Hall–Kier alpha value is -3.29. The summed E-state index contributed by atoms with van der Waals surface area (Å²) in [5, 5.41) is 8.22. The van der Waals surface area contributed by atoms with Crippen LogP contribution in [0.5, 0.6) is 5.88 Å². The van der Waals surface area contributed by atoms with Gasteiger partial charge in [-0.1, -0.05) is 6.07 Å². The molecule has 2 bridgehead atoms. The van der Waals surface area contributed by atoms with Crippen LogP contribution in [0.2, 0.25) is 0 Å². The number of carbonyl (C=O) groups excluding carboxylic acids is 1. The fraction of sp³-hybridized carbons (Fsp3) is 0.364. The van der Waals surface area contributed by atoms with Crippen LogP contribution in [0.25, 0.3) is 5.69 Å². The number of rotatable bonds is 5.